The van der Waals surface area contributed by atoms with E-state index in [1.165, 1.54) is 0 Å². The highest BCUT2D eigenvalue weighted by atomic mass is 79.9. The van der Waals surface area contributed by atoms with E-state index in [9.17, 15) is 15.4 Å². The van der Waals surface area contributed by atoms with Gasteiger partial charge in [0.2, 0.25) is 6.54 Å². The molecule has 0 unspecified atom stereocenters. The lowest BCUT2D eigenvalue weighted by Gasteiger charge is -2.52. The van der Waals surface area contributed by atoms with Gasteiger partial charge in [-0.05, 0) is 49.6 Å². The summed E-state index contributed by atoms with van der Waals surface area (Å²) in [6, 6.07) is 19.5. The average molecular weight is 544 g/mol. The van der Waals surface area contributed by atoms with E-state index in [1.807, 2.05) is 101 Å². The lowest BCUT2D eigenvalue weighted by atomic mass is 9.65. The van der Waals surface area contributed by atoms with Crippen molar-refractivity contribution in [3.8, 4) is 6.07 Å². The molecule has 1 saturated heterocycles. The van der Waals surface area contributed by atoms with Gasteiger partial charge in [-0.2, -0.15) is 5.26 Å². The molecule has 2 aromatic rings. The summed E-state index contributed by atoms with van der Waals surface area (Å²) in [7, 11) is 1.86. The molecule has 0 aliphatic carbocycles. The van der Waals surface area contributed by atoms with Gasteiger partial charge < -0.3 is 9.47 Å². The average Bonchev–Trinajstić information content (AvgIpc) is 2.79. The standard InChI is InChI=1S/C27H34BrN3O4/c1-25(2,3)23(16-31(32)33)27(18-29,20-12-14-21(28)15-13-20)30(6)22-17-34-26(4,5)35-24(22)19-10-8-7-9-11-19/h7-15,22-24H,16-17H2,1-6H3/t22-,23+,24-,27-/m0/s1. The van der Waals surface area contributed by atoms with Crippen LogP contribution < -0.4 is 0 Å². The molecule has 0 N–H and O–H groups in total. The van der Waals surface area contributed by atoms with E-state index in [0.29, 0.717) is 12.2 Å². The highest BCUT2D eigenvalue weighted by molar-refractivity contribution is 9.10. The number of rotatable bonds is 7. The zero-order valence-electron chi connectivity index (χ0n) is 21.2. The second-order valence-corrected chi connectivity index (χ2v) is 11.6. The fourth-order valence-corrected chi connectivity index (χ4v) is 5.32. The number of nitriles is 1. The number of halogens is 1. The van der Waals surface area contributed by atoms with Crippen LogP contribution in [0.3, 0.4) is 0 Å². The number of ether oxygens (including phenoxy) is 2. The number of hydrogen-bond donors (Lipinski definition) is 0. The molecule has 1 heterocycles. The van der Waals surface area contributed by atoms with Gasteiger partial charge in [0.05, 0.1) is 24.6 Å². The summed E-state index contributed by atoms with van der Waals surface area (Å²) in [5.74, 6) is -1.44. The van der Waals surface area contributed by atoms with Gasteiger partial charge in [0.15, 0.2) is 5.79 Å². The van der Waals surface area contributed by atoms with E-state index in [1.54, 1.807) is 0 Å². The van der Waals surface area contributed by atoms with Gasteiger partial charge in [-0.25, -0.2) is 0 Å². The first-order valence-corrected chi connectivity index (χ1v) is 12.5. The third-order valence-electron chi connectivity index (χ3n) is 6.88. The lowest BCUT2D eigenvalue weighted by Crippen LogP contribution is -2.62. The van der Waals surface area contributed by atoms with E-state index >= 15 is 0 Å². The predicted molar refractivity (Wildman–Crippen MR) is 138 cm³/mol. The summed E-state index contributed by atoms with van der Waals surface area (Å²) in [6.07, 6.45) is -0.399. The Morgan fingerprint density at radius 3 is 2.31 bits per heavy atom. The SMILES string of the molecule is CN([C@H]1COC(C)(C)O[C@H]1c1ccccc1)[C@@](C#N)(c1ccc(Br)cc1)[C@H](C[N+](=O)[O-])C(C)(C)C. The summed E-state index contributed by atoms with van der Waals surface area (Å²) in [6.45, 7) is 9.54. The van der Waals surface area contributed by atoms with E-state index in [-0.39, 0.29) is 17.5 Å². The normalized spacial score (nSPS) is 22.7. The summed E-state index contributed by atoms with van der Waals surface area (Å²) >= 11 is 3.47. The van der Waals surface area contributed by atoms with Crippen LogP contribution in [0.4, 0.5) is 0 Å². The number of benzene rings is 2. The van der Waals surface area contributed by atoms with E-state index < -0.39 is 28.8 Å². The molecular weight excluding hydrogens is 510 g/mol. The highest BCUT2D eigenvalue weighted by Gasteiger charge is 2.56. The van der Waals surface area contributed by atoms with Crippen LogP contribution in [0.5, 0.6) is 0 Å². The molecule has 3 rings (SSSR count). The monoisotopic (exact) mass is 543 g/mol. The summed E-state index contributed by atoms with van der Waals surface area (Å²) in [5.41, 5.74) is -0.214. The fraction of sp³-hybridized carbons (Fsp3) is 0.519. The maximum atomic E-state index is 11.9. The van der Waals surface area contributed by atoms with Crippen molar-refractivity contribution in [2.75, 3.05) is 20.2 Å². The topological polar surface area (TPSA) is 88.6 Å². The molecule has 0 aromatic heterocycles. The number of likely N-dealkylation sites (N-methyl/N-ethyl adjacent to an activating group) is 1. The molecule has 0 spiro atoms. The van der Waals surface area contributed by atoms with Gasteiger partial charge >= 0.3 is 0 Å². The van der Waals surface area contributed by atoms with Crippen LogP contribution in [0.25, 0.3) is 0 Å². The number of nitro groups is 1. The third-order valence-corrected chi connectivity index (χ3v) is 7.41. The van der Waals surface area contributed by atoms with Crippen molar-refractivity contribution in [2.24, 2.45) is 11.3 Å². The Balaban J connectivity index is 2.22. The largest absolute Gasteiger partial charge is 0.349 e. The molecule has 0 radical (unpaired) electrons. The van der Waals surface area contributed by atoms with E-state index in [2.05, 4.69) is 22.0 Å². The number of hydrogen-bond acceptors (Lipinski definition) is 6. The predicted octanol–water partition coefficient (Wildman–Crippen LogP) is 5.93. The van der Waals surface area contributed by atoms with Gasteiger partial charge in [0.1, 0.15) is 11.6 Å². The van der Waals surface area contributed by atoms with Gasteiger partial charge in [-0.3, -0.25) is 15.0 Å². The molecule has 1 fully saturated rings. The van der Waals surface area contributed by atoms with Crippen molar-refractivity contribution in [3.63, 3.8) is 0 Å². The van der Waals surface area contributed by atoms with Crippen molar-refractivity contribution in [1.29, 1.82) is 5.26 Å². The summed E-state index contributed by atoms with van der Waals surface area (Å²) < 4.78 is 13.4. The first kappa shape index (κ1) is 27.3. The first-order chi connectivity index (χ1) is 16.3. The Bertz CT molecular complexity index is 1060. The minimum atomic E-state index is -1.32. The van der Waals surface area contributed by atoms with Crippen molar-refractivity contribution in [3.05, 3.63) is 80.3 Å². The molecule has 0 saturated carbocycles. The maximum Gasteiger partial charge on any atom is 0.210 e. The zero-order valence-corrected chi connectivity index (χ0v) is 22.8. The molecule has 0 bridgehead atoms. The molecule has 188 valence electrons. The summed E-state index contributed by atoms with van der Waals surface area (Å²) in [4.78, 5) is 13.5. The van der Waals surface area contributed by atoms with E-state index in [4.69, 9.17) is 9.47 Å². The minimum Gasteiger partial charge on any atom is -0.349 e. The van der Waals surface area contributed by atoms with E-state index in [0.717, 1.165) is 10.0 Å². The Kier molecular flexibility index (Phi) is 8.07. The van der Waals surface area contributed by atoms with Gasteiger partial charge in [0, 0.05) is 9.40 Å². The van der Waals surface area contributed by atoms with Gasteiger partial charge in [-0.1, -0.05) is 79.2 Å². The van der Waals surface area contributed by atoms with Crippen LogP contribution >= 0.6 is 15.9 Å². The Morgan fingerprint density at radius 1 is 1.20 bits per heavy atom. The van der Waals surface area contributed by atoms with Crippen LogP contribution in [0, 0.1) is 32.8 Å². The van der Waals surface area contributed by atoms with Crippen LogP contribution in [-0.4, -0.2) is 41.9 Å². The quantitative estimate of drug-likeness (QED) is 0.317. The Labute approximate surface area is 216 Å². The van der Waals surface area contributed by atoms with Crippen molar-refractivity contribution in [1.82, 2.24) is 4.90 Å². The molecule has 0 amide bonds. The van der Waals surface area contributed by atoms with Crippen molar-refractivity contribution < 1.29 is 14.4 Å². The molecule has 4 atom stereocenters. The van der Waals surface area contributed by atoms with Crippen molar-refractivity contribution >= 4 is 15.9 Å². The minimum absolute atomic E-state index is 0.304. The highest BCUT2D eigenvalue weighted by Crippen LogP contribution is 2.48. The summed E-state index contributed by atoms with van der Waals surface area (Å²) in [5, 5.41) is 22.8. The Morgan fingerprint density at radius 2 is 1.80 bits per heavy atom. The molecule has 2 aromatic carbocycles. The molecule has 1 aliphatic rings. The van der Waals surface area contributed by atoms with Crippen molar-refractivity contribution in [2.45, 2.75) is 58.1 Å². The van der Waals surface area contributed by atoms with Crippen LogP contribution in [0.15, 0.2) is 59.1 Å². The number of nitrogens with zero attached hydrogens (tertiary/aromatic N) is 3. The zero-order chi connectivity index (χ0) is 26.0. The molecule has 1 aliphatic heterocycles. The lowest BCUT2D eigenvalue weighted by molar-refractivity contribution is -0.495. The van der Waals surface area contributed by atoms with Crippen LogP contribution in [-0.2, 0) is 15.0 Å². The second kappa shape index (κ2) is 10.4. The first-order valence-electron chi connectivity index (χ1n) is 11.7. The van der Waals surface area contributed by atoms with Gasteiger partial charge in [-0.15, -0.1) is 0 Å². The maximum absolute atomic E-state index is 11.9. The van der Waals surface area contributed by atoms with Crippen LogP contribution in [0.2, 0.25) is 0 Å². The Hall–Kier alpha value is -2.31. The second-order valence-electron chi connectivity index (χ2n) is 10.7. The third kappa shape index (κ3) is 5.75. The van der Waals surface area contributed by atoms with Crippen LogP contribution in [0.1, 0.15) is 51.8 Å². The molecule has 7 nitrogen and oxygen atoms in total. The molecule has 8 heteroatoms. The fourth-order valence-electron chi connectivity index (χ4n) is 5.06. The smallest absolute Gasteiger partial charge is 0.210 e. The molecule has 35 heavy (non-hydrogen) atoms. The van der Waals surface area contributed by atoms with Gasteiger partial charge in [0.25, 0.3) is 0 Å². The molecular formula is C27H34BrN3O4.